The first kappa shape index (κ1) is 20.7. The Morgan fingerprint density at radius 2 is 2.25 bits per heavy atom. The molecule has 1 aromatic carbocycles. The van der Waals surface area contributed by atoms with Gasteiger partial charge in [-0.1, -0.05) is 13.8 Å². The number of halogens is 1. The SMILES string of the molecule is CC(C)CCSc1ccc(C(=O)NC2CCNC2)cc1[N+](=O)[O-].Cl. The van der Waals surface area contributed by atoms with Crippen molar-refractivity contribution in [2.75, 3.05) is 18.8 Å². The molecule has 2 N–H and O–H groups in total. The highest BCUT2D eigenvalue weighted by atomic mass is 35.5. The van der Waals surface area contributed by atoms with Crippen LogP contribution in [0.1, 0.15) is 37.0 Å². The van der Waals surface area contributed by atoms with E-state index >= 15 is 0 Å². The number of carbonyl (C=O) groups is 1. The minimum absolute atomic E-state index is 0. The minimum atomic E-state index is -0.411. The number of nitro groups is 1. The molecule has 24 heavy (non-hydrogen) atoms. The van der Waals surface area contributed by atoms with Gasteiger partial charge in [0.25, 0.3) is 11.6 Å². The van der Waals surface area contributed by atoms with Crippen LogP contribution in [0.15, 0.2) is 23.1 Å². The number of rotatable bonds is 7. The first-order valence-corrected chi connectivity index (χ1v) is 8.88. The summed E-state index contributed by atoms with van der Waals surface area (Å²) in [6.07, 6.45) is 1.88. The van der Waals surface area contributed by atoms with Gasteiger partial charge in [0.15, 0.2) is 0 Å². The van der Waals surface area contributed by atoms with Crippen LogP contribution >= 0.6 is 24.2 Å². The van der Waals surface area contributed by atoms with Crippen molar-refractivity contribution in [1.29, 1.82) is 0 Å². The van der Waals surface area contributed by atoms with Crippen LogP contribution in [0.3, 0.4) is 0 Å². The molecule has 2 rings (SSSR count). The Kier molecular flexibility index (Phi) is 8.52. The quantitative estimate of drug-likeness (QED) is 0.435. The summed E-state index contributed by atoms with van der Waals surface area (Å²) < 4.78 is 0. The molecule has 1 heterocycles. The third-order valence-corrected chi connectivity index (χ3v) is 4.86. The maximum Gasteiger partial charge on any atom is 0.283 e. The van der Waals surface area contributed by atoms with Gasteiger partial charge in [-0.15, -0.1) is 24.2 Å². The summed E-state index contributed by atoms with van der Waals surface area (Å²) >= 11 is 1.47. The number of thioether (sulfide) groups is 1. The average molecular weight is 374 g/mol. The van der Waals surface area contributed by atoms with Gasteiger partial charge in [0.05, 0.1) is 9.82 Å². The van der Waals surface area contributed by atoms with E-state index in [9.17, 15) is 14.9 Å². The summed E-state index contributed by atoms with van der Waals surface area (Å²) in [7, 11) is 0. The smallest absolute Gasteiger partial charge is 0.283 e. The fourth-order valence-electron chi connectivity index (χ4n) is 2.37. The first-order valence-electron chi connectivity index (χ1n) is 7.90. The molecular formula is C16H24ClN3O3S. The van der Waals surface area contributed by atoms with Crippen LogP contribution in [0, 0.1) is 16.0 Å². The van der Waals surface area contributed by atoms with Crippen LogP contribution in [0.25, 0.3) is 0 Å². The third-order valence-electron chi connectivity index (χ3n) is 3.77. The Hall–Kier alpha value is -1.31. The zero-order valence-electron chi connectivity index (χ0n) is 13.9. The van der Waals surface area contributed by atoms with Crippen molar-refractivity contribution < 1.29 is 9.72 Å². The second kappa shape index (κ2) is 9.86. The Morgan fingerprint density at radius 1 is 1.50 bits per heavy atom. The van der Waals surface area contributed by atoms with Crippen LogP contribution in [0.2, 0.25) is 0 Å². The second-order valence-electron chi connectivity index (χ2n) is 6.13. The summed E-state index contributed by atoms with van der Waals surface area (Å²) in [5.41, 5.74) is 0.354. The van der Waals surface area contributed by atoms with Crippen molar-refractivity contribution in [2.45, 2.75) is 37.6 Å². The molecule has 1 aromatic rings. The number of benzene rings is 1. The van der Waals surface area contributed by atoms with Gasteiger partial charge >= 0.3 is 0 Å². The van der Waals surface area contributed by atoms with Gasteiger partial charge in [-0.05, 0) is 43.2 Å². The fraction of sp³-hybridized carbons (Fsp3) is 0.562. The minimum Gasteiger partial charge on any atom is -0.348 e. The first-order chi connectivity index (χ1) is 11.0. The van der Waals surface area contributed by atoms with E-state index in [4.69, 9.17) is 0 Å². The molecule has 1 aliphatic heterocycles. The van der Waals surface area contributed by atoms with E-state index < -0.39 is 4.92 Å². The van der Waals surface area contributed by atoms with E-state index in [2.05, 4.69) is 24.5 Å². The van der Waals surface area contributed by atoms with E-state index in [1.165, 1.54) is 17.8 Å². The number of hydrogen-bond acceptors (Lipinski definition) is 5. The second-order valence-corrected chi connectivity index (χ2v) is 7.27. The largest absolute Gasteiger partial charge is 0.348 e. The molecule has 1 atom stereocenters. The van der Waals surface area contributed by atoms with Gasteiger partial charge in [0.1, 0.15) is 0 Å². The lowest BCUT2D eigenvalue weighted by molar-refractivity contribution is -0.387. The number of nitrogens with one attached hydrogen (secondary N) is 2. The Labute approximate surface area is 152 Å². The van der Waals surface area contributed by atoms with Crippen LogP contribution < -0.4 is 10.6 Å². The predicted molar refractivity (Wildman–Crippen MR) is 99.3 cm³/mol. The molecule has 0 radical (unpaired) electrons. The molecule has 0 bridgehead atoms. The Balaban J connectivity index is 0.00000288. The lowest BCUT2D eigenvalue weighted by Gasteiger charge is -2.12. The van der Waals surface area contributed by atoms with E-state index in [1.54, 1.807) is 12.1 Å². The van der Waals surface area contributed by atoms with Crippen LogP contribution in [-0.4, -0.2) is 35.7 Å². The van der Waals surface area contributed by atoms with Gasteiger partial charge in [0.2, 0.25) is 0 Å². The lowest BCUT2D eigenvalue weighted by Crippen LogP contribution is -2.36. The lowest BCUT2D eigenvalue weighted by atomic mass is 10.1. The molecule has 6 nitrogen and oxygen atoms in total. The highest BCUT2D eigenvalue weighted by Gasteiger charge is 2.21. The monoisotopic (exact) mass is 373 g/mol. The molecule has 8 heteroatoms. The molecule has 0 saturated carbocycles. The molecule has 1 unspecified atom stereocenters. The van der Waals surface area contributed by atoms with Crippen molar-refractivity contribution in [3.05, 3.63) is 33.9 Å². The Morgan fingerprint density at radius 3 is 2.83 bits per heavy atom. The summed E-state index contributed by atoms with van der Waals surface area (Å²) in [6, 6.07) is 4.84. The zero-order valence-corrected chi connectivity index (χ0v) is 15.5. The molecule has 1 amide bonds. The van der Waals surface area contributed by atoms with Crippen molar-refractivity contribution >= 4 is 35.8 Å². The summed E-state index contributed by atoms with van der Waals surface area (Å²) in [5, 5.41) is 17.4. The van der Waals surface area contributed by atoms with Gasteiger partial charge in [-0.3, -0.25) is 14.9 Å². The molecule has 1 saturated heterocycles. The van der Waals surface area contributed by atoms with Crippen molar-refractivity contribution in [1.82, 2.24) is 10.6 Å². The molecule has 1 aliphatic rings. The van der Waals surface area contributed by atoms with Crippen molar-refractivity contribution in [3.8, 4) is 0 Å². The van der Waals surface area contributed by atoms with Gasteiger partial charge in [-0.25, -0.2) is 0 Å². The van der Waals surface area contributed by atoms with Gasteiger partial charge in [0, 0.05) is 24.2 Å². The van der Waals surface area contributed by atoms with E-state index in [0.717, 1.165) is 31.7 Å². The molecule has 0 aliphatic carbocycles. The van der Waals surface area contributed by atoms with Crippen molar-refractivity contribution in [2.24, 2.45) is 5.92 Å². The van der Waals surface area contributed by atoms with E-state index in [-0.39, 0.29) is 30.0 Å². The normalized spacial score (nSPS) is 16.7. The van der Waals surface area contributed by atoms with Gasteiger partial charge in [-0.2, -0.15) is 0 Å². The molecule has 0 spiro atoms. The van der Waals surface area contributed by atoms with Crippen molar-refractivity contribution in [3.63, 3.8) is 0 Å². The summed E-state index contributed by atoms with van der Waals surface area (Å²) in [5.74, 6) is 1.14. The number of nitro benzene ring substituents is 1. The maximum absolute atomic E-state index is 12.2. The highest BCUT2D eigenvalue weighted by Crippen LogP contribution is 2.31. The fourth-order valence-corrected chi connectivity index (χ4v) is 3.63. The summed E-state index contributed by atoms with van der Waals surface area (Å²) in [4.78, 5) is 23.7. The Bertz CT molecular complexity index is 578. The average Bonchev–Trinajstić information content (AvgIpc) is 2.99. The topological polar surface area (TPSA) is 84.3 Å². The third kappa shape index (κ3) is 5.96. The predicted octanol–water partition coefficient (Wildman–Crippen LogP) is 3.25. The van der Waals surface area contributed by atoms with E-state index in [0.29, 0.717) is 16.4 Å². The van der Waals surface area contributed by atoms with Crippen LogP contribution in [0.5, 0.6) is 0 Å². The standard InChI is InChI=1S/C16H23N3O3S.ClH/c1-11(2)6-8-23-15-4-3-12(9-14(15)19(21)22)16(20)18-13-5-7-17-10-13;/h3-4,9,11,13,17H,5-8,10H2,1-2H3,(H,18,20);1H. The highest BCUT2D eigenvalue weighted by molar-refractivity contribution is 7.99. The molecule has 134 valence electrons. The number of hydrogen-bond donors (Lipinski definition) is 2. The van der Waals surface area contributed by atoms with Crippen LogP contribution in [-0.2, 0) is 0 Å². The van der Waals surface area contributed by atoms with Crippen LogP contribution in [0.4, 0.5) is 5.69 Å². The number of amides is 1. The zero-order chi connectivity index (χ0) is 16.8. The molecule has 1 fully saturated rings. The van der Waals surface area contributed by atoms with Gasteiger partial charge < -0.3 is 10.6 Å². The molecular weight excluding hydrogens is 350 g/mol. The van der Waals surface area contributed by atoms with E-state index in [1.807, 2.05) is 0 Å². The summed E-state index contributed by atoms with van der Waals surface area (Å²) in [6.45, 7) is 5.88. The maximum atomic E-state index is 12.2. The molecule has 0 aromatic heterocycles. The number of carbonyl (C=O) groups excluding carboxylic acids is 1. The number of nitrogens with zero attached hydrogens (tertiary/aromatic N) is 1.